The van der Waals surface area contributed by atoms with Crippen LogP contribution in [0.1, 0.15) is 5.69 Å². The van der Waals surface area contributed by atoms with Crippen LogP contribution in [0, 0.1) is 5.82 Å². The molecule has 2 N–H and O–H groups in total. The molecule has 0 aliphatic carbocycles. The second-order valence-electron chi connectivity index (χ2n) is 3.42. The normalized spacial score (nSPS) is 10.3. The van der Waals surface area contributed by atoms with Crippen LogP contribution in [0.25, 0.3) is 11.3 Å². The first kappa shape index (κ1) is 11.5. The SMILES string of the molecule is COc1c(F)cccc1-c1cncc(CN)n1. The molecule has 0 unspecified atom stereocenters. The molecule has 88 valence electrons. The van der Waals surface area contributed by atoms with Gasteiger partial charge < -0.3 is 10.5 Å². The molecule has 2 rings (SSSR count). The Morgan fingerprint density at radius 3 is 2.88 bits per heavy atom. The van der Waals surface area contributed by atoms with Crippen molar-refractivity contribution in [2.75, 3.05) is 7.11 Å². The molecule has 17 heavy (non-hydrogen) atoms. The van der Waals surface area contributed by atoms with Crippen LogP contribution in [-0.2, 0) is 6.54 Å². The van der Waals surface area contributed by atoms with Gasteiger partial charge in [-0.1, -0.05) is 6.07 Å². The second-order valence-corrected chi connectivity index (χ2v) is 3.42. The Morgan fingerprint density at radius 1 is 1.35 bits per heavy atom. The van der Waals surface area contributed by atoms with Gasteiger partial charge in [-0.2, -0.15) is 0 Å². The van der Waals surface area contributed by atoms with Crippen molar-refractivity contribution in [3.63, 3.8) is 0 Å². The average molecular weight is 233 g/mol. The Balaban J connectivity index is 2.55. The quantitative estimate of drug-likeness (QED) is 0.877. The summed E-state index contributed by atoms with van der Waals surface area (Å²) < 4.78 is 18.6. The highest BCUT2D eigenvalue weighted by Gasteiger charge is 2.12. The number of hydrogen-bond donors (Lipinski definition) is 1. The van der Waals surface area contributed by atoms with E-state index in [1.54, 1.807) is 24.5 Å². The summed E-state index contributed by atoms with van der Waals surface area (Å²) in [6.07, 6.45) is 3.13. The second kappa shape index (κ2) is 4.88. The molecule has 0 aliphatic rings. The molecule has 1 heterocycles. The lowest BCUT2D eigenvalue weighted by molar-refractivity contribution is 0.388. The molecule has 0 fully saturated rings. The zero-order valence-corrected chi connectivity index (χ0v) is 9.35. The third-order valence-electron chi connectivity index (χ3n) is 2.34. The number of benzene rings is 1. The first-order valence-electron chi connectivity index (χ1n) is 5.10. The lowest BCUT2D eigenvalue weighted by Gasteiger charge is -2.09. The van der Waals surface area contributed by atoms with Gasteiger partial charge >= 0.3 is 0 Å². The van der Waals surface area contributed by atoms with Gasteiger partial charge in [0.15, 0.2) is 11.6 Å². The summed E-state index contributed by atoms with van der Waals surface area (Å²) in [6.45, 7) is 0.290. The van der Waals surface area contributed by atoms with Crippen molar-refractivity contribution in [2.45, 2.75) is 6.54 Å². The Labute approximate surface area is 98.3 Å². The van der Waals surface area contributed by atoms with Gasteiger partial charge in [0.2, 0.25) is 0 Å². The van der Waals surface area contributed by atoms with E-state index in [4.69, 9.17) is 10.5 Å². The maximum Gasteiger partial charge on any atom is 0.165 e. The predicted octanol–water partition coefficient (Wildman–Crippen LogP) is 1.75. The molecule has 0 amide bonds. The maximum absolute atomic E-state index is 13.5. The van der Waals surface area contributed by atoms with Gasteiger partial charge in [-0.05, 0) is 12.1 Å². The van der Waals surface area contributed by atoms with Gasteiger partial charge in [-0.3, -0.25) is 4.98 Å². The minimum Gasteiger partial charge on any atom is -0.493 e. The summed E-state index contributed by atoms with van der Waals surface area (Å²) in [5, 5.41) is 0. The fourth-order valence-corrected chi connectivity index (χ4v) is 1.55. The number of rotatable bonds is 3. The predicted molar refractivity (Wildman–Crippen MR) is 61.9 cm³/mol. The van der Waals surface area contributed by atoms with E-state index in [-0.39, 0.29) is 5.75 Å². The minimum atomic E-state index is -0.426. The van der Waals surface area contributed by atoms with Gasteiger partial charge in [0.05, 0.1) is 24.7 Å². The van der Waals surface area contributed by atoms with E-state index in [1.807, 2.05) is 0 Å². The third-order valence-corrected chi connectivity index (χ3v) is 2.34. The molecular formula is C12H12FN3O. The van der Waals surface area contributed by atoms with Crippen molar-refractivity contribution in [3.05, 3.63) is 42.1 Å². The molecule has 0 spiro atoms. The van der Waals surface area contributed by atoms with E-state index in [9.17, 15) is 4.39 Å². The smallest absolute Gasteiger partial charge is 0.165 e. The fraction of sp³-hybridized carbons (Fsp3) is 0.167. The molecule has 0 aliphatic heterocycles. The van der Waals surface area contributed by atoms with Crippen molar-refractivity contribution >= 4 is 0 Å². The van der Waals surface area contributed by atoms with Gasteiger partial charge in [0.1, 0.15) is 0 Å². The van der Waals surface area contributed by atoms with Crippen LogP contribution in [0.15, 0.2) is 30.6 Å². The van der Waals surface area contributed by atoms with E-state index in [1.165, 1.54) is 13.2 Å². The van der Waals surface area contributed by atoms with Crippen LogP contribution in [0.5, 0.6) is 5.75 Å². The van der Waals surface area contributed by atoms with E-state index in [0.29, 0.717) is 23.5 Å². The zero-order chi connectivity index (χ0) is 12.3. The van der Waals surface area contributed by atoms with Crippen molar-refractivity contribution in [2.24, 2.45) is 5.73 Å². The fourth-order valence-electron chi connectivity index (χ4n) is 1.55. The molecule has 0 saturated heterocycles. The van der Waals surface area contributed by atoms with Crippen LogP contribution in [0.2, 0.25) is 0 Å². The van der Waals surface area contributed by atoms with Crippen molar-refractivity contribution in [1.29, 1.82) is 0 Å². The summed E-state index contributed by atoms with van der Waals surface area (Å²) in [5.41, 5.74) is 7.25. The van der Waals surface area contributed by atoms with Crippen LogP contribution in [0.4, 0.5) is 4.39 Å². The number of para-hydroxylation sites is 1. The molecule has 0 saturated carbocycles. The molecule has 0 radical (unpaired) electrons. The molecule has 4 nitrogen and oxygen atoms in total. The van der Waals surface area contributed by atoms with Gasteiger partial charge in [0, 0.05) is 18.3 Å². The highest BCUT2D eigenvalue weighted by Crippen LogP contribution is 2.30. The Bertz CT molecular complexity index is 531. The topological polar surface area (TPSA) is 61.0 Å². The van der Waals surface area contributed by atoms with E-state index in [2.05, 4.69) is 9.97 Å². The molecule has 0 bridgehead atoms. The Hall–Kier alpha value is -2.01. The minimum absolute atomic E-state index is 0.163. The summed E-state index contributed by atoms with van der Waals surface area (Å²) in [6, 6.07) is 4.67. The van der Waals surface area contributed by atoms with Crippen LogP contribution < -0.4 is 10.5 Å². The molecule has 0 atom stereocenters. The number of aromatic nitrogens is 2. The largest absolute Gasteiger partial charge is 0.493 e. The van der Waals surface area contributed by atoms with Gasteiger partial charge in [0.25, 0.3) is 0 Å². The number of ether oxygens (including phenoxy) is 1. The highest BCUT2D eigenvalue weighted by atomic mass is 19.1. The number of nitrogens with zero attached hydrogens (tertiary/aromatic N) is 2. The van der Waals surface area contributed by atoms with Gasteiger partial charge in [-0.15, -0.1) is 0 Å². The molecule has 1 aromatic carbocycles. The standard InChI is InChI=1S/C12H12FN3O/c1-17-12-9(3-2-4-10(12)13)11-7-15-6-8(5-14)16-11/h2-4,6-7H,5,14H2,1H3. The number of halogens is 1. The van der Waals surface area contributed by atoms with Crippen LogP contribution in [-0.4, -0.2) is 17.1 Å². The van der Waals surface area contributed by atoms with Crippen molar-refractivity contribution in [1.82, 2.24) is 9.97 Å². The molecular weight excluding hydrogens is 221 g/mol. The lowest BCUT2D eigenvalue weighted by atomic mass is 10.1. The Kier molecular flexibility index (Phi) is 3.30. The maximum atomic E-state index is 13.5. The van der Waals surface area contributed by atoms with E-state index in [0.717, 1.165) is 0 Å². The van der Waals surface area contributed by atoms with Crippen LogP contribution >= 0.6 is 0 Å². The zero-order valence-electron chi connectivity index (χ0n) is 9.35. The average Bonchev–Trinajstić information content (AvgIpc) is 2.38. The van der Waals surface area contributed by atoms with Crippen molar-refractivity contribution in [3.8, 4) is 17.0 Å². The molecule has 1 aromatic heterocycles. The summed E-state index contributed by atoms with van der Waals surface area (Å²) in [5.74, 6) is -0.263. The summed E-state index contributed by atoms with van der Waals surface area (Å²) in [7, 11) is 1.42. The number of hydrogen-bond acceptors (Lipinski definition) is 4. The Morgan fingerprint density at radius 2 is 2.18 bits per heavy atom. The number of nitrogens with two attached hydrogens (primary N) is 1. The highest BCUT2D eigenvalue weighted by molar-refractivity contribution is 5.66. The summed E-state index contributed by atoms with van der Waals surface area (Å²) in [4.78, 5) is 8.29. The van der Waals surface area contributed by atoms with Gasteiger partial charge in [-0.25, -0.2) is 9.37 Å². The third kappa shape index (κ3) is 2.24. The van der Waals surface area contributed by atoms with Crippen molar-refractivity contribution < 1.29 is 9.13 Å². The first-order valence-corrected chi connectivity index (χ1v) is 5.10. The molecule has 5 heteroatoms. The van der Waals surface area contributed by atoms with E-state index < -0.39 is 5.82 Å². The monoisotopic (exact) mass is 233 g/mol. The number of methoxy groups -OCH3 is 1. The molecule has 2 aromatic rings. The lowest BCUT2D eigenvalue weighted by Crippen LogP contribution is -2.02. The first-order chi connectivity index (χ1) is 8.26. The van der Waals surface area contributed by atoms with Crippen LogP contribution in [0.3, 0.4) is 0 Å². The summed E-state index contributed by atoms with van der Waals surface area (Å²) >= 11 is 0. The van der Waals surface area contributed by atoms with E-state index >= 15 is 0 Å².